The quantitative estimate of drug-likeness (QED) is 0.516. The molecule has 196 valence electrons. The maximum absolute atomic E-state index is 14.0. The van der Waals surface area contributed by atoms with Crippen LogP contribution in [-0.4, -0.2) is 39.4 Å². The summed E-state index contributed by atoms with van der Waals surface area (Å²) in [6, 6.07) is 5.37. The van der Waals surface area contributed by atoms with E-state index in [9.17, 15) is 14.4 Å². The number of nitrogens with zero attached hydrogens (tertiary/aromatic N) is 2. The Kier molecular flexibility index (Phi) is 8.48. The third-order valence-electron chi connectivity index (χ3n) is 7.73. The molecule has 0 bridgehead atoms. The first-order valence-corrected chi connectivity index (χ1v) is 13.3. The van der Waals surface area contributed by atoms with E-state index < -0.39 is 5.54 Å². The molecule has 36 heavy (non-hydrogen) atoms. The van der Waals surface area contributed by atoms with Crippen molar-refractivity contribution in [3.63, 3.8) is 0 Å². The number of carbonyl (C=O) groups excluding carboxylic acids is 3. The van der Waals surface area contributed by atoms with Crippen LogP contribution in [-0.2, 0) is 20.9 Å². The maximum Gasteiger partial charge on any atom is 0.246 e. The Morgan fingerprint density at radius 2 is 1.89 bits per heavy atom. The van der Waals surface area contributed by atoms with Gasteiger partial charge in [-0.05, 0) is 50.7 Å². The molecular weight excluding hydrogens is 460 g/mol. The summed E-state index contributed by atoms with van der Waals surface area (Å²) in [4.78, 5) is 42.0. The summed E-state index contributed by atoms with van der Waals surface area (Å²) >= 11 is 0. The topological polar surface area (TPSA) is 118 Å². The molecule has 2 fully saturated rings. The molecule has 0 saturated heterocycles. The highest BCUT2D eigenvalue weighted by Gasteiger charge is 2.51. The normalized spacial score (nSPS) is 22.7. The van der Waals surface area contributed by atoms with Crippen LogP contribution in [0.5, 0.6) is 0 Å². The smallest absolute Gasteiger partial charge is 0.246 e. The standard InChI is InChI=1S/C27H38N4O5/c1-19-9-6-7-15-27(19,26(34)28-21-10-4-3-5-11-21)31(18-22-12-8-16-35-22)25(33)14-13-24(32)29-23-17-20(2)36-30-23/h8,12,16-17,19,21H,3-7,9-11,13-15,18H2,1-2H3,(H,28,34)(H,29,30,32)/t19-,27-/m0/s1. The summed E-state index contributed by atoms with van der Waals surface area (Å²) in [5.74, 6) is 0.889. The third kappa shape index (κ3) is 5.99. The van der Waals surface area contributed by atoms with E-state index in [2.05, 4.69) is 22.7 Å². The summed E-state index contributed by atoms with van der Waals surface area (Å²) in [5.41, 5.74) is -0.973. The van der Waals surface area contributed by atoms with Crippen LogP contribution in [0, 0.1) is 12.8 Å². The van der Waals surface area contributed by atoms with Gasteiger partial charge in [0.1, 0.15) is 17.1 Å². The van der Waals surface area contributed by atoms with Crippen molar-refractivity contribution in [1.82, 2.24) is 15.4 Å². The molecule has 0 aromatic carbocycles. The zero-order valence-corrected chi connectivity index (χ0v) is 21.4. The van der Waals surface area contributed by atoms with Gasteiger partial charge in [0, 0.05) is 24.9 Å². The first-order valence-electron chi connectivity index (χ1n) is 13.3. The van der Waals surface area contributed by atoms with Crippen LogP contribution in [0.2, 0.25) is 0 Å². The lowest BCUT2D eigenvalue weighted by atomic mass is 9.71. The highest BCUT2D eigenvalue weighted by molar-refractivity contribution is 5.95. The van der Waals surface area contributed by atoms with E-state index >= 15 is 0 Å². The second-order valence-electron chi connectivity index (χ2n) is 10.3. The van der Waals surface area contributed by atoms with Gasteiger partial charge in [0.2, 0.25) is 17.7 Å². The summed E-state index contributed by atoms with van der Waals surface area (Å²) < 4.78 is 10.6. The third-order valence-corrected chi connectivity index (χ3v) is 7.73. The van der Waals surface area contributed by atoms with Crippen molar-refractivity contribution in [2.45, 2.75) is 103 Å². The monoisotopic (exact) mass is 498 g/mol. The van der Waals surface area contributed by atoms with Gasteiger partial charge in [-0.15, -0.1) is 0 Å². The number of hydrogen-bond acceptors (Lipinski definition) is 6. The van der Waals surface area contributed by atoms with E-state index in [0.29, 0.717) is 23.8 Å². The Bertz CT molecular complexity index is 1030. The molecule has 9 heteroatoms. The fourth-order valence-corrected chi connectivity index (χ4v) is 5.74. The fourth-order valence-electron chi connectivity index (χ4n) is 5.74. The van der Waals surface area contributed by atoms with Gasteiger partial charge in [-0.3, -0.25) is 14.4 Å². The molecule has 2 aromatic rings. The minimum atomic E-state index is -0.973. The number of rotatable bonds is 9. The summed E-state index contributed by atoms with van der Waals surface area (Å²) in [7, 11) is 0. The van der Waals surface area contributed by atoms with Crippen molar-refractivity contribution in [2.75, 3.05) is 5.32 Å². The van der Waals surface area contributed by atoms with Crippen molar-refractivity contribution in [2.24, 2.45) is 5.92 Å². The summed E-state index contributed by atoms with van der Waals surface area (Å²) in [5, 5.41) is 9.75. The number of carbonyl (C=O) groups is 3. The second-order valence-corrected chi connectivity index (χ2v) is 10.3. The van der Waals surface area contributed by atoms with Crippen molar-refractivity contribution in [3.8, 4) is 0 Å². The van der Waals surface area contributed by atoms with E-state index in [1.165, 1.54) is 6.42 Å². The predicted molar refractivity (Wildman–Crippen MR) is 134 cm³/mol. The van der Waals surface area contributed by atoms with Gasteiger partial charge in [0.05, 0.1) is 12.8 Å². The summed E-state index contributed by atoms with van der Waals surface area (Å²) in [6.45, 7) is 4.00. The summed E-state index contributed by atoms with van der Waals surface area (Å²) in [6.07, 6.45) is 10.3. The lowest BCUT2D eigenvalue weighted by Gasteiger charge is -2.49. The number of hydrogen-bond donors (Lipinski definition) is 2. The van der Waals surface area contributed by atoms with Gasteiger partial charge in [0.15, 0.2) is 5.82 Å². The van der Waals surface area contributed by atoms with E-state index in [0.717, 1.165) is 44.9 Å². The fraction of sp³-hybridized carbons (Fsp3) is 0.630. The number of aryl methyl sites for hydroxylation is 1. The first-order chi connectivity index (χ1) is 17.4. The molecule has 2 saturated carbocycles. The van der Waals surface area contributed by atoms with Gasteiger partial charge in [-0.1, -0.05) is 44.2 Å². The average Bonchev–Trinajstić information content (AvgIpc) is 3.54. The Labute approximate surface area is 212 Å². The molecule has 2 atom stereocenters. The number of nitrogens with one attached hydrogen (secondary N) is 2. The molecule has 2 heterocycles. The Balaban J connectivity index is 1.54. The van der Waals surface area contributed by atoms with E-state index in [4.69, 9.17) is 8.94 Å². The molecule has 2 aromatic heterocycles. The minimum Gasteiger partial charge on any atom is -0.467 e. The minimum absolute atomic E-state index is 0.0133. The molecule has 9 nitrogen and oxygen atoms in total. The zero-order chi connectivity index (χ0) is 25.5. The van der Waals surface area contributed by atoms with Crippen LogP contribution in [0.3, 0.4) is 0 Å². The predicted octanol–water partition coefficient (Wildman–Crippen LogP) is 4.72. The van der Waals surface area contributed by atoms with Crippen LogP contribution in [0.15, 0.2) is 33.4 Å². The second kappa shape index (κ2) is 11.8. The molecule has 2 aliphatic rings. The molecule has 3 amide bonds. The van der Waals surface area contributed by atoms with Crippen molar-refractivity contribution < 1.29 is 23.3 Å². The SMILES string of the molecule is Cc1cc(NC(=O)CCC(=O)N(Cc2ccco2)[C@@]2(C(=O)NC3CCCCC3)CCCC[C@@H]2C)no1. The Morgan fingerprint density at radius 3 is 2.56 bits per heavy atom. The van der Waals surface area contributed by atoms with Gasteiger partial charge in [-0.2, -0.15) is 0 Å². The Morgan fingerprint density at radius 1 is 1.11 bits per heavy atom. The van der Waals surface area contributed by atoms with Crippen LogP contribution in [0.4, 0.5) is 5.82 Å². The highest BCUT2D eigenvalue weighted by atomic mass is 16.5. The molecule has 2 aliphatic carbocycles. The molecule has 4 rings (SSSR count). The number of amides is 3. The average molecular weight is 499 g/mol. The van der Waals surface area contributed by atoms with Gasteiger partial charge in [0.25, 0.3) is 0 Å². The van der Waals surface area contributed by atoms with E-state index in [1.807, 2.05) is 6.07 Å². The van der Waals surface area contributed by atoms with Crippen LogP contribution < -0.4 is 10.6 Å². The molecule has 0 spiro atoms. The molecular formula is C27H38N4O5. The first kappa shape index (κ1) is 26.0. The molecule has 0 unspecified atom stereocenters. The van der Waals surface area contributed by atoms with Gasteiger partial charge < -0.3 is 24.5 Å². The zero-order valence-electron chi connectivity index (χ0n) is 21.4. The lowest BCUT2D eigenvalue weighted by molar-refractivity contribution is -0.156. The number of anilines is 1. The number of furan rings is 1. The van der Waals surface area contributed by atoms with Crippen molar-refractivity contribution >= 4 is 23.5 Å². The maximum atomic E-state index is 14.0. The van der Waals surface area contributed by atoms with Crippen LogP contribution in [0.25, 0.3) is 0 Å². The van der Waals surface area contributed by atoms with Crippen LogP contribution >= 0.6 is 0 Å². The molecule has 0 aliphatic heterocycles. The van der Waals surface area contributed by atoms with Crippen molar-refractivity contribution in [1.29, 1.82) is 0 Å². The Hall–Kier alpha value is -3.10. The molecule has 2 N–H and O–H groups in total. The number of aromatic nitrogens is 1. The molecule has 0 radical (unpaired) electrons. The van der Waals surface area contributed by atoms with E-state index in [-0.39, 0.29) is 49.1 Å². The van der Waals surface area contributed by atoms with Crippen LogP contribution in [0.1, 0.15) is 89.1 Å². The van der Waals surface area contributed by atoms with Gasteiger partial charge in [-0.25, -0.2) is 0 Å². The highest BCUT2D eigenvalue weighted by Crippen LogP contribution is 2.40. The van der Waals surface area contributed by atoms with E-state index in [1.54, 1.807) is 30.2 Å². The van der Waals surface area contributed by atoms with Crippen molar-refractivity contribution in [3.05, 3.63) is 36.0 Å². The lowest BCUT2D eigenvalue weighted by Crippen LogP contribution is -2.65. The van der Waals surface area contributed by atoms with Gasteiger partial charge >= 0.3 is 0 Å². The largest absolute Gasteiger partial charge is 0.467 e.